The molecule has 0 amide bonds. The standard InChI is InChI=1S/C23H22F3N3O2/c1-15-3-2-4-16(13-15)5-12-20(30)14-28-22(31)29(19-10-11-19)21(27-28)17-6-8-18(9-7-17)23(24,25)26/h2-4,6-9,13,19H,5,10-12,14H2,1H3. The van der Waals surface area contributed by atoms with Crippen LogP contribution in [-0.2, 0) is 23.9 Å². The molecule has 1 aliphatic rings. The van der Waals surface area contributed by atoms with Gasteiger partial charge in [0.1, 0.15) is 6.54 Å². The number of rotatable bonds is 7. The summed E-state index contributed by atoms with van der Waals surface area (Å²) >= 11 is 0. The summed E-state index contributed by atoms with van der Waals surface area (Å²) in [5.74, 6) is 0.177. The molecule has 2 aromatic carbocycles. The van der Waals surface area contributed by atoms with Crippen LogP contribution in [-0.4, -0.2) is 20.1 Å². The van der Waals surface area contributed by atoms with Crippen LogP contribution in [0.2, 0.25) is 0 Å². The molecule has 0 bridgehead atoms. The Hall–Kier alpha value is -3.16. The van der Waals surface area contributed by atoms with Gasteiger partial charge in [-0.05, 0) is 43.9 Å². The van der Waals surface area contributed by atoms with Gasteiger partial charge < -0.3 is 0 Å². The van der Waals surface area contributed by atoms with Crippen molar-refractivity contribution in [2.75, 3.05) is 0 Å². The molecule has 1 aromatic heterocycles. The highest BCUT2D eigenvalue weighted by Gasteiger charge is 2.32. The van der Waals surface area contributed by atoms with Crippen molar-refractivity contribution < 1.29 is 18.0 Å². The summed E-state index contributed by atoms with van der Waals surface area (Å²) in [6.45, 7) is 1.83. The molecule has 0 N–H and O–H groups in total. The van der Waals surface area contributed by atoms with Crippen molar-refractivity contribution in [1.82, 2.24) is 14.3 Å². The molecule has 31 heavy (non-hydrogen) atoms. The number of nitrogens with zero attached hydrogens (tertiary/aromatic N) is 3. The number of aryl methyl sites for hydroxylation is 2. The van der Waals surface area contributed by atoms with Gasteiger partial charge in [-0.25, -0.2) is 9.48 Å². The van der Waals surface area contributed by atoms with E-state index >= 15 is 0 Å². The molecule has 4 rings (SSSR count). The minimum atomic E-state index is -4.43. The molecule has 0 spiro atoms. The van der Waals surface area contributed by atoms with Gasteiger partial charge in [0.05, 0.1) is 5.56 Å². The molecule has 0 radical (unpaired) electrons. The zero-order chi connectivity index (χ0) is 22.2. The third-order valence-corrected chi connectivity index (χ3v) is 5.35. The average Bonchev–Trinajstić information content (AvgIpc) is 3.50. The van der Waals surface area contributed by atoms with Gasteiger partial charge in [0.15, 0.2) is 11.6 Å². The summed E-state index contributed by atoms with van der Waals surface area (Å²) in [7, 11) is 0. The van der Waals surface area contributed by atoms with E-state index in [0.29, 0.717) is 17.8 Å². The molecule has 0 unspecified atom stereocenters. The second-order valence-corrected chi connectivity index (χ2v) is 7.97. The summed E-state index contributed by atoms with van der Waals surface area (Å²) in [5, 5.41) is 4.31. The van der Waals surface area contributed by atoms with Crippen LogP contribution in [0, 0.1) is 6.92 Å². The lowest BCUT2D eigenvalue weighted by Gasteiger charge is -2.08. The van der Waals surface area contributed by atoms with E-state index in [9.17, 15) is 22.8 Å². The van der Waals surface area contributed by atoms with Gasteiger partial charge in [0.2, 0.25) is 0 Å². The molecule has 1 saturated carbocycles. The number of halogens is 3. The number of hydrogen-bond acceptors (Lipinski definition) is 3. The number of ketones is 1. The van der Waals surface area contributed by atoms with Gasteiger partial charge in [-0.15, -0.1) is 5.10 Å². The Morgan fingerprint density at radius 2 is 1.84 bits per heavy atom. The van der Waals surface area contributed by atoms with Gasteiger partial charge >= 0.3 is 11.9 Å². The van der Waals surface area contributed by atoms with E-state index in [1.165, 1.54) is 16.7 Å². The van der Waals surface area contributed by atoms with E-state index in [1.807, 2.05) is 31.2 Å². The van der Waals surface area contributed by atoms with Gasteiger partial charge in [-0.2, -0.15) is 13.2 Å². The summed E-state index contributed by atoms with van der Waals surface area (Å²) in [6.07, 6.45) is -1.97. The molecule has 3 aromatic rings. The van der Waals surface area contributed by atoms with E-state index in [4.69, 9.17) is 0 Å². The third-order valence-electron chi connectivity index (χ3n) is 5.35. The minimum Gasteiger partial charge on any atom is -0.298 e. The number of hydrogen-bond donors (Lipinski definition) is 0. The molecular weight excluding hydrogens is 407 g/mol. The van der Waals surface area contributed by atoms with Crippen LogP contribution in [0.3, 0.4) is 0 Å². The fourth-order valence-electron chi connectivity index (χ4n) is 3.59. The Bertz CT molecular complexity index is 1160. The van der Waals surface area contributed by atoms with Crippen molar-refractivity contribution >= 4 is 5.78 Å². The number of carbonyl (C=O) groups excluding carboxylic acids is 1. The fraction of sp³-hybridized carbons (Fsp3) is 0.348. The Labute approximate surface area is 177 Å². The molecule has 1 fully saturated rings. The van der Waals surface area contributed by atoms with E-state index in [2.05, 4.69) is 5.10 Å². The van der Waals surface area contributed by atoms with E-state index < -0.39 is 17.4 Å². The highest BCUT2D eigenvalue weighted by atomic mass is 19.4. The smallest absolute Gasteiger partial charge is 0.298 e. The van der Waals surface area contributed by atoms with Gasteiger partial charge in [-0.1, -0.05) is 42.0 Å². The molecule has 1 aliphatic carbocycles. The Morgan fingerprint density at radius 3 is 2.45 bits per heavy atom. The van der Waals surface area contributed by atoms with Crippen LogP contribution in [0.15, 0.2) is 53.3 Å². The van der Waals surface area contributed by atoms with Gasteiger partial charge in [0.25, 0.3) is 0 Å². The zero-order valence-electron chi connectivity index (χ0n) is 17.0. The average molecular weight is 429 g/mol. The van der Waals surface area contributed by atoms with Crippen LogP contribution < -0.4 is 5.69 Å². The lowest BCUT2D eigenvalue weighted by molar-refractivity contribution is -0.137. The summed E-state index contributed by atoms with van der Waals surface area (Å²) in [6, 6.07) is 12.4. The second-order valence-electron chi connectivity index (χ2n) is 7.97. The lowest BCUT2D eigenvalue weighted by atomic mass is 10.1. The number of Topliss-reactive ketones (excluding diaryl/α,β-unsaturated/α-hetero) is 1. The van der Waals surface area contributed by atoms with Crippen molar-refractivity contribution in [3.8, 4) is 11.4 Å². The molecular formula is C23H22F3N3O2. The summed E-state index contributed by atoms with van der Waals surface area (Å²) < 4.78 is 41.2. The van der Waals surface area contributed by atoms with Gasteiger partial charge in [0, 0.05) is 18.0 Å². The van der Waals surface area contributed by atoms with Crippen molar-refractivity contribution in [1.29, 1.82) is 0 Å². The first-order valence-corrected chi connectivity index (χ1v) is 10.2. The predicted molar refractivity (Wildman–Crippen MR) is 110 cm³/mol. The quantitative estimate of drug-likeness (QED) is 0.553. The molecule has 8 heteroatoms. The summed E-state index contributed by atoms with van der Waals surface area (Å²) in [4.78, 5) is 25.3. The second kappa shape index (κ2) is 8.17. The zero-order valence-corrected chi connectivity index (χ0v) is 17.0. The third kappa shape index (κ3) is 4.78. The monoisotopic (exact) mass is 429 g/mol. The first kappa shape index (κ1) is 21.1. The largest absolute Gasteiger partial charge is 0.416 e. The molecule has 0 aliphatic heterocycles. The topological polar surface area (TPSA) is 56.9 Å². The van der Waals surface area contributed by atoms with Crippen molar-refractivity contribution in [3.05, 3.63) is 75.7 Å². The Balaban J connectivity index is 1.54. The molecule has 0 atom stereocenters. The van der Waals surface area contributed by atoms with Crippen molar-refractivity contribution in [2.45, 2.75) is 51.4 Å². The fourth-order valence-corrected chi connectivity index (χ4v) is 3.59. The normalized spacial score (nSPS) is 14.1. The van der Waals surface area contributed by atoms with Crippen molar-refractivity contribution in [3.63, 3.8) is 0 Å². The Morgan fingerprint density at radius 1 is 1.13 bits per heavy atom. The van der Waals surface area contributed by atoms with Crippen LogP contribution in [0.25, 0.3) is 11.4 Å². The van der Waals surface area contributed by atoms with Crippen LogP contribution in [0.1, 0.15) is 42.0 Å². The van der Waals surface area contributed by atoms with Crippen LogP contribution in [0.5, 0.6) is 0 Å². The van der Waals surface area contributed by atoms with Crippen LogP contribution >= 0.6 is 0 Å². The van der Waals surface area contributed by atoms with Gasteiger partial charge in [-0.3, -0.25) is 9.36 Å². The van der Waals surface area contributed by atoms with Crippen molar-refractivity contribution in [2.24, 2.45) is 0 Å². The molecule has 162 valence electrons. The molecule has 0 saturated heterocycles. The molecule has 1 heterocycles. The summed E-state index contributed by atoms with van der Waals surface area (Å²) in [5.41, 5.74) is 1.42. The lowest BCUT2D eigenvalue weighted by Crippen LogP contribution is -2.27. The van der Waals surface area contributed by atoms with E-state index in [1.54, 1.807) is 0 Å². The first-order chi connectivity index (χ1) is 14.7. The van der Waals surface area contributed by atoms with E-state index in [-0.39, 0.29) is 24.8 Å². The highest BCUT2D eigenvalue weighted by molar-refractivity contribution is 5.78. The maximum Gasteiger partial charge on any atom is 0.416 e. The first-order valence-electron chi connectivity index (χ1n) is 10.2. The van der Waals surface area contributed by atoms with Crippen LogP contribution in [0.4, 0.5) is 13.2 Å². The maximum absolute atomic E-state index is 12.9. The number of carbonyl (C=O) groups is 1. The predicted octanol–water partition coefficient (Wildman–Crippen LogP) is 4.58. The number of aromatic nitrogens is 3. The minimum absolute atomic E-state index is 0.0269. The Kier molecular flexibility index (Phi) is 5.56. The SMILES string of the molecule is Cc1cccc(CCC(=O)Cn2nc(-c3ccc(C(F)(F)F)cc3)n(C3CC3)c2=O)c1. The van der Waals surface area contributed by atoms with E-state index in [0.717, 1.165) is 40.8 Å². The number of alkyl halides is 3. The maximum atomic E-state index is 12.9. The highest BCUT2D eigenvalue weighted by Crippen LogP contribution is 2.37. The molecule has 5 nitrogen and oxygen atoms in total. The number of benzene rings is 2.